The number of benzene rings is 2. The highest BCUT2D eigenvalue weighted by molar-refractivity contribution is 5.90. The molecule has 0 fully saturated rings. The summed E-state index contributed by atoms with van der Waals surface area (Å²) in [6.07, 6.45) is 1.78. The van der Waals surface area contributed by atoms with Gasteiger partial charge in [-0.25, -0.2) is 15.0 Å². The molecule has 4 N–H and O–H groups in total. The summed E-state index contributed by atoms with van der Waals surface area (Å²) in [4.78, 5) is 25.3. The van der Waals surface area contributed by atoms with E-state index < -0.39 is 0 Å². The summed E-state index contributed by atoms with van der Waals surface area (Å²) in [5.41, 5.74) is 10.4. The molecule has 2 heterocycles. The lowest BCUT2D eigenvalue weighted by atomic mass is 10.2. The first-order valence-corrected chi connectivity index (χ1v) is 9.66. The summed E-state index contributed by atoms with van der Waals surface area (Å²) >= 11 is 0. The van der Waals surface area contributed by atoms with Crippen molar-refractivity contribution in [2.24, 2.45) is 0 Å². The smallest absolute Gasteiger partial charge is 0.221 e. The number of nitrogens with zero attached hydrogens (tertiary/aromatic N) is 4. The van der Waals surface area contributed by atoms with Gasteiger partial charge in [-0.1, -0.05) is 12.1 Å². The quantitative estimate of drug-likeness (QED) is 0.429. The first kappa shape index (κ1) is 19.4. The van der Waals surface area contributed by atoms with E-state index in [2.05, 4.69) is 29.5 Å². The van der Waals surface area contributed by atoms with Gasteiger partial charge in [0.1, 0.15) is 0 Å². The molecular weight excluding hydrogens is 378 g/mol. The van der Waals surface area contributed by atoms with E-state index in [1.54, 1.807) is 6.33 Å². The second kappa shape index (κ2) is 7.82. The molecule has 0 saturated carbocycles. The molecule has 0 aliphatic carbocycles. The molecule has 0 unspecified atom stereocenters. The molecule has 0 saturated heterocycles. The minimum Gasteiger partial charge on any atom is -0.399 e. The molecule has 0 aliphatic rings. The number of carbonyl (C=O) groups excluding carboxylic acids is 1. The molecule has 0 atom stereocenters. The number of nitrogen functional groups attached to an aromatic ring is 1. The van der Waals surface area contributed by atoms with Crippen molar-refractivity contribution in [1.82, 2.24) is 19.5 Å². The van der Waals surface area contributed by atoms with Crippen LogP contribution in [0.1, 0.15) is 26.8 Å². The van der Waals surface area contributed by atoms with Crippen molar-refractivity contribution in [1.29, 1.82) is 0 Å². The van der Waals surface area contributed by atoms with Crippen molar-refractivity contribution < 1.29 is 4.79 Å². The fourth-order valence-corrected chi connectivity index (χ4v) is 3.17. The zero-order valence-electron chi connectivity index (χ0n) is 17.0. The van der Waals surface area contributed by atoms with Gasteiger partial charge in [0.25, 0.3) is 0 Å². The standard InChI is InChI=1S/C22H23N7O/c1-13(2)29-12-24-19-21(26-18-9-7-17(8-10-18)25-14(3)30)27-20(28-22(19)29)15-5-4-6-16(23)11-15/h4-13H,23H2,1-3H3,(H,25,30)(H,26,27,28). The predicted octanol–water partition coefficient (Wildman–Crippen LogP) is 4.36. The number of rotatable bonds is 5. The van der Waals surface area contributed by atoms with E-state index in [0.29, 0.717) is 22.8 Å². The number of carbonyl (C=O) groups is 1. The predicted molar refractivity (Wildman–Crippen MR) is 120 cm³/mol. The maximum Gasteiger partial charge on any atom is 0.221 e. The number of hydrogen-bond donors (Lipinski definition) is 3. The Morgan fingerprint density at radius 2 is 1.80 bits per heavy atom. The van der Waals surface area contributed by atoms with Crippen LogP contribution < -0.4 is 16.4 Å². The average Bonchev–Trinajstić information content (AvgIpc) is 3.14. The number of anilines is 4. The Morgan fingerprint density at radius 1 is 1.07 bits per heavy atom. The molecule has 2 aromatic heterocycles. The summed E-state index contributed by atoms with van der Waals surface area (Å²) in [5.74, 6) is 1.05. The third-order valence-electron chi connectivity index (χ3n) is 4.59. The third-order valence-corrected chi connectivity index (χ3v) is 4.59. The zero-order chi connectivity index (χ0) is 21.3. The monoisotopic (exact) mass is 401 g/mol. The number of nitrogens with two attached hydrogens (primary N) is 1. The minimum absolute atomic E-state index is 0.112. The van der Waals surface area contributed by atoms with Gasteiger partial charge >= 0.3 is 0 Å². The van der Waals surface area contributed by atoms with Gasteiger partial charge in [0.2, 0.25) is 5.91 Å². The lowest BCUT2D eigenvalue weighted by molar-refractivity contribution is -0.114. The Morgan fingerprint density at radius 3 is 2.47 bits per heavy atom. The Labute approximate surface area is 174 Å². The summed E-state index contributed by atoms with van der Waals surface area (Å²) in [6.45, 7) is 5.64. The summed E-state index contributed by atoms with van der Waals surface area (Å²) in [5, 5.41) is 6.09. The fraction of sp³-hybridized carbons (Fsp3) is 0.182. The molecule has 4 aromatic rings. The van der Waals surface area contributed by atoms with E-state index in [1.165, 1.54) is 6.92 Å². The summed E-state index contributed by atoms with van der Waals surface area (Å²) in [6, 6.07) is 15.1. The van der Waals surface area contributed by atoms with Gasteiger partial charge in [-0.05, 0) is 50.2 Å². The van der Waals surface area contributed by atoms with E-state index in [-0.39, 0.29) is 11.9 Å². The average molecular weight is 401 g/mol. The second-order valence-electron chi connectivity index (χ2n) is 7.32. The number of fused-ring (bicyclic) bond motifs is 1. The van der Waals surface area contributed by atoms with Crippen LogP contribution in [0.5, 0.6) is 0 Å². The van der Waals surface area contributed by atoms with Crippen molar-refractivity contribution in [2.45, 2.75) is 26.8 Å². The van der Waals surface area contributed by atoms with Gasteiger partial charge in [0.05, 0.1) is 6.33 Å². The Hall–Kier alpha value is -3.94. The molecule has 1 amide bonds. The van der Waals surface area contributed by atoms with Gasteiger partial charge in [-0.2, -0.15) is 0 Å². The van der Waals surface area contributed by atoms with E-state index in [1.807, 2.05) is 53.1 Å². The normalized spacial score (nSPS) is 11.1. The first-order chi connectivity index (χ1) is 14.4. The molecule has 4 rings (SSSR count). The van der Waals surface area contributed by atoms with Gasteiger partial charge < -0.3 is 20.9 Å². The number of imidazole rings is 1. The summed E-state index contributed by atoms with van der Waals surface area (Å²) in [7, 11) is 0. The lowest BCUT2D eigenvalue weighted by Crippen LogP contribution is -2.06. The van der Waals surface area contributed by atoms with E-state index in [0.717, 1.165) is 22.6 Å². The Kier molecular flexibility index (Phi) is 5.05. The van der Waals surface area contributed by atoms with Crippen molar-refractivity contribution >= 4 is 40.0 Å². The van der Waals surface area contributed by atoms with Crippen LogP contribution in [0.4, 0.5) is 22.9 Å². The molecule has 0 aliphatic heterocycles. The molecule has 30 heavy (non-hydrogen) atoms. The molecule has 152 valence electrons. The SMILES string of the molecule is CC(=O)Nc1ccc(Nc2nc(-c3cccc(N)c3)nc3c2ncn3C(C)C)cc1. The highest BCUT2D eigenvalue weighted by Gasteiger charge is 2.16. The molecule has 8 heteroatoms. The second-order valence-corrected chi connectivity index (χ2v) is 7.32. The molecule has 0 bridgehead atoms. The van der Waals surface area contributed by atoms with Gasteiger partial charge in [-0.3, -0.25) is 4.79 Å². The highest BCUT2D eigenvalue weighted by atomic mass is 16.1. The van der Waals surface area contributed by atoms with Crippen molar-refractivity contribution in [3.63, 3.8) is 0 Å². The van der Waals surface area contributed by atoms with Crippen molar-refractivity contribution in [2.75, 3.05) is 16.4 Å². The molecule has 2 aromatic carbocycles. The lowest BCUT2D eigenvalue weighted by Gasteiger charge is -2.12. The molecular formula is C22H23N7O. The highest BCUT2D eigenvalue weighted by Crippen LogP contribution is 2.29. The van der Waals surface area contributed by atoms with Crippen molar-refractivity contribution in [3.8, 4) is 11.4 Å². The van der Waals surface area contributed by atoms with Crippen LogP contribution in [0.25, 0.3) is 22.6 Å². The number of nitrogens with one attached hydrogen (secondary N) is 2. The fourth-order valence-electron chi connectivity index (χ4n) is 3.17. The van der Waals surface area contributed by atoms with Crippen LogP contribution >= 0.6 is 0 Å². The van der Waals surface area contributed by atoms with Crippen LogP contribution in [-0.4, -0.2) is 25.4 Å². The number of amides is 1. The van der Waals surface area contributed by atoms with Crippen molar-refractivity contribution in [3.05, 3.63) is 54.9 Å². The first-order valence-electron chi connectivity index (χ1n) is 9.66. The maximum atomic E-state index is 11.2. The molecule has 0 spiro atoms. The van der Waals surface area contributed by atoms with E-state index in [4.69, 9.17) is 15.7 Å². The maximum absolute atomic E-state index is 11.2. The van der Waals surface area contributed by atoms with Crippen LogP contribution in [0.2, 0.25) is 0 Å². The van der Waals surface area contributed by atoms with Crippen LogP contribution in [-0.2, 0) is 4.79 Å². The number of hydrogen-bond acceptors (Lipinski definition) is 6. The largest absolute Gasteiger partial charge is 0.399 e. The van der Waals surface area contributed by atoms with Crippen LogP contribution in [0, 0.1) is 0 Å². The zero-order valence-corrected chi connectivity index (χ0v) is 17.0. The van der Waals surface area contributed by atoms with Gasteiger partial charge in [-0.15, -0.1) is 0 Å². The Bertz CT molecular complexity index is 1210. The minimum atomic E-state index is -0.112. The Balaban J connectivity index is 1.79. The third kappa shape index (κ3) is 3.93. The van der Waals surface area contributed by atoms with E-state index in [9.17, 15) is 4.79 Å². The summed E-state index contributed by atoms with van der Waals surface area (Å²) < 4.78 is 2.01. The van der Waals surface area contributed by atoms with Crippen LogP contribution in [0.15, 0.2) is 54.9 Å². The van der Waals surface area contributed by atoms with E-state index >= 15 is 0 Å². The molecule has 0 radical (unpaired) electrons. The van der Waals surface area contributed by atoms with Gasteiger partial charge in [0, 0.05) is 35.6 Å². The number of aromatic nitrogens is 4. The van der Waals surface area contributed by atoms with Crippen LogP contribution in [0.3, 0.4) is 0 Å². The molecule has 8 nitrogen and oxygen atoms in total. The topological polar surface area (TPSA) is 111 Å². The van der Waals surface area contributed by atoms with Gasteiger partial charge in [0.15, 0.2) is 22.8 Å².